The Labute approximate surface area is 188 Å². The van der Waals surface area contributed by atoms with Gasteiger partial charge in [-0.15, -0.1) is 10.2 Å². The molecule has 0 atom stereocenters. The van der Waals surface area contributed by atoms with Crippen molar-refractivity contribution in [1.82, 2.24) is 14.5 Å². The predicted octanol–water partition coefficient (Wildman–Crippen LogP) is 2.24. The molecule has 2 heterocycles. The maximum Gasteiger partial charge on any atom is 0.316 e. The van der Waals surface area contributed by atoms with E-state index in [0.717, 1.165) is 42.4 Å². The highest BCUT2D eigenvalue weighted by molar-refractivity contribution is 8.01. The van der Waals surface area contributed by atoms with Crippen molar-refractivity contribution < 1.29 is 27.5 Å². The van der Waals surface area contributed by atoms with Gasteiger partial charge in [0.05, 0.1) is 30.4 Å². The number of nitrogens with one attached hydrogen (secondary N) is 1. The normalized spacial score (nSPS) is 14.8. The number of hydrogen-bond donors (Lipinski definition) is 1. The summed E-state index contributed by atoms with van der Waals surface area (Å²) >= 11 is 2.22. The van der Waals surface area contributed by atoms with E-state index in [1.165, 1.54) is 36.7 Å². The molecule has 1 aromatic carbocycles. The Kier molecular flexibility index (Phi) is 7.86. The molecule has 1 N–H and O–H groups in total. The van der Waals surface area contributed by atoms with Gasteiger partial charge in [-0.3, -0.25) is 14.9 Å². The summed E-state index contributed by atoms with van der Waals surface area (Å²) in [5.74, 6) is -0.668. The topological polar surface area (TPSA) is 128 Å². The lowest BCUT2D eigenvalue weighted by Crippen LogP contribution is -2.35. The number of benzene rings is 1. The molecule has 0 spiro atoms. The Morgan fingerprint density at radius 3 is 2.61 bits per heavy atom. The van der Waals surface area contributed by atoms with Crippen molar-refractivity contribution in [2.24, 2.45) is 0 Å². The number of amides is 1. The first-order valence-electron chi connectivity index (χ1n) is 9.38. The quantitative estimate of drug-likeness (QED) is 0.339. The molecule has 1 aromatic heterocycles. The van der Waals surface area contributed by atoms with Gasteiger partial charge in [-0.2, -0.15) is 4.31 Å². The summed E-state index contributed by atoms with van der Waals surface area (Å²) in [6, 6.07) is 4.21. The van der Waals surface area contributed by atoms with Crippen LogP contribution in [0.2, 0.25) is 0 Å². The van der Waals surface area contributed by atoms with Crippen LogP contribution in [-0.4, -0.2) is 67.9 Å². The summed E-state index contributed by atoms with van der Waals surface area (Å²) in [5, 5.41) is 10.6. The van der Waals surface area contributed by atoms with E-state index in [0.29, 0.717) is 17.4 Å². The molecule has 1 fully saturated rings. The highest BCUT2D eigenvalue weighted by atomic mass is 32.2. The third-order valence-electron chi connectivity index (χ3n) is 4.54. The standard InChI is InChI=1S/C18H22N4O6S3/c1-27-14-7-6-12(31(25,26)22-8-4-3-5-9-22)10-13(14)16(24)19-17-20-21-18(30-17)29-11-15(23)28-2/h6-7,10H,3-5,8-9,11H2,1-2H3,(H,19,20,24). The van der Waals surface area contributed by atoms with Gasteiger partial charge in [0.25, 0.3) is 5.91 Å². The van der Waals surface area contributed by atoms with E-state index in [1.807, 2.05) is 0 Å². The summed E-state index contributed by atoms with van der Waals surface area (Å²) < 4.78 is 37.7. The Balaban J connectivity index is 1.78. The van der Waals surface area contributed by atoms with Gasteiger partial charge in [0.15, 0.2) is 4.34 Å². The van der Waals surface area contributed by atoms with Crippen LogP contribution in [0.3, 0.4) is 0 Å². The molecule has 168 valence electrons. The van der Waals surface area contributed by atoms with Crippen LogP contribution in [0, 0.1) is 0 Å². The lowest BCUT2D eigenvalue weighted by atomic mass is 10.2. The molecule has 13 heteroatoms. The number of sulfonamides is 1. The second-order valence-electron chi connectivity index (χ2n) is 6.52. The minimum Gasteiger partial charge on any atom is -0.496 e. The Morgan fingerprint density at radius 2 is 1.94 bits per heavy atom. The lowest BCUT2D eigenvalue weighted by molar-refractivity contribution is -0.137. The predicted molar refractivity (Wildman–Crippen MR) is 116 cm³/mol. The fourth-order valence-corrected chi connectivity index (χ4v) is 6.07. The third-order valence-corrected chi connectivity index (χ3v) is 8.38. The van der Waals surface area contributed by atoms with Crippen LogP contribution in [0.5, 0.6) is 5.75 Å². The van der Waals surface area contributed by atoms with E-state index in [2.05, 4.69) is 20.3 Å². The fraction of sp³-hybridized carbons (Fsp3) is 0.444. The fourth-order valence-electron chi connectivity index (χ4n) is 2.94. The minimum absolute atomic E-state index is 0.0342. The van der Waals surface area contributed by atoms with Gasteiger partial charge in [-0.1, -0.05) is 29.5 Å². The zero-order valence-electron chi connectivity index (χ0n) is 17.0. The van der Waals surface area contributed by atoms with Gasteiger partial charge < -0.3 is 9.47 Å². The number of carbonyl (C=O) groups excluding carboxylic acids is 2. The first-order valence-corrected chi connectivity index (χ1v) is 12.6. The molecule has 0 saturated carbocycles. The van der Waals surface area contributed by atoms with Crippen LogP contribution in [0.4, 0.5) is 5.13 Å². The molecule has 1 amide bonds. The molecular weight excluding hydrogens is 464 g/mol. The number of carbonyl (C=O) groups is 2. The van der Waals surface area contributed by atoms with E-state index in [-0.39, 0.29) is 27.1 Å². The van der Waals surface area contributed by atoms with Crippen LogP contribution >= 0.6 is 23.1 Å². The molecule has 10 nitrogen and oxygen atoms in total. The smallest absolute Gasteiger partial charge is 0.316 e. The van der Waals surface area contributed by atoms with E-state index in [4.69, 9.17) is 4.74 Å². The van der Waals surface area contributed by atoms with Gasteiger partial charge in [0.1, 0.15) is 5.75 Å². The average Bonchev–Trinajstić information content (AvgIpc) is 3.24. The number of nitrogens with zero attached hydrogens (tertiary/aromatic N) is 3. The zero-order valence-corrected chi connectivity index (χ0v) is 19.4. The minimum atomic E-state index is -3.70. The van der Waals surface area contributed by atoms with Gasteiger partial charge >= 0.3 is 5.97 Å². The second-order valence-corrected chi connectivity index (χ2v) is 10.7. The highest BCUT2D eigenvalue weighted by Crippen LogP contribution is 2.29. The first-order chi connectivity index (χ1) is 14.8. The number of hydrogen-bond acceptors (Lipinski definition) is 10. The maximum absolute atomic E-state index is 13.0. The summed E-state index contributed by atoms with van der Waals surface area (Å²) in [4.78, 5) is 24.1. The lowest BCUT2D eigenvalue weighted by Gasteiger charge is -2.26. The molecule has 1 saturated heterocycles. The van der Waals surface area contributed by atoms with Gasteiger partial charge in [-0.05, 0) is 31.0 Å². The van der Waals surface area contributed by atoms with Crippen molar-refractivity contribution >= 4 is 50.1 Å². The molecule has 31 heavy (non-hydrogen) atoms. The van der Waals surface area contributed by atoms with E-state index < -0.39 is 21.9 Å². The van der Waals surface area contributed by atoms with Crippen molar-refractivity contribution in [3.63, 3.8) is 0 Å². The number of esters is 1. The molecular formula is C18H22N4O6S3. The molecule has 0 radical (unpaired) electrons. The Hall–Kier alpha value is -2.22. The van der Waals surface area contributed by atoms with Crippen LogP contribution in [0.25, 0.3) is 0 Å². The van der Waals surface area contributed by atoms with Crippen molar-refractivity contribution in [3.8, 4) is 5.75 Å². The van der Waals surface area contributed by atoms with Gasteiger partial charge in [-0.25, -0.2) is 8.42 Å². The van der Waals surface area contributed by atoms with E-state index >= 15 is 0 Å². The van der Waals surface area contributed by atoms with Crippen molar-refractivity contribution in [2.45, 2.75) is 28.5 Å². The summed E-state index contributed by atoms with van der Waals surface area (Å²) in [6.07, 6.45) is 2.64. The molecule has 3 rings (SSSR count). The largest absolute Gasteiger partial charge is 0.496 e. The summed E-state index contributed by atoms with van der Waals surface area (Å²) in [7, 11) is -1.01. The average molecular weight is 487 g/mol. The molecule has 2 aromatic rings. The Bertz CT molecular complexity index is 1050. The van der Waals surface area contributed by atoms with Crippen molar-refractivity contribution in [2.75, 3.05) is 38.4 Å². The van der Waals surface area contributed by atoms with Gasteiger partial charge in [0, 0.05) is 13.1 Å². The Morgan fingerprint density at radius 1 is 1.19 bits per heavy atom. The first kappa shape index (κ1) is 23.4. The van der Waals surface area contributed by atoms with Crippen molar-refractivity contribution in [1.29, 1.82) is 0 Å². The highest BCUT2D eigenvalue weighted by Gasteiger charge is 2.28. The summed E-state index contributed by atoms with van der Waals surface area (Å²) in [6.45, 7) is 0.930. The number of methoxy groups -OCH3 is 2. The SMILES string of the molecule is COC(=O)CSc1nnc(NC(=O)c2cc(S(=O)(=O)N3CCCCC3)ccc2OC)s1. The van der Waals surface area contributed by atoms with Crippen LogP contribution in [0.1, 0.15) is 29.6 Å². The van der Waals surface area contributed by atoms with Gasteiger partial charge in [0.2, 0.25) is 15.2 Å². The van der Waals surface area contributed by atoms with Crippen LogP contribution in [-0.2, 0) is 19.6 Å². The number of aromatic nitrogens is 2. The molecule has 0 unspecified atom stereocenters. The zero-order chi connectivity index (χ0) is 22.4. The number of thioether (sulfide) groups is 1. The number of piperidine rings is 1. The maximum atomic E-state index is 13.0. The molecule has 0 aliphatic carbocycles. The molecule has 1 aliphatic heterocycles. The van der Waals surface area contributed by atoms with Crippen LogP contribution < -0.4 is 10.1 Å². The summed E-state index contributed by atoms with van der Waals surface area (Å²) in [5.41, 5.74) is 0.0690. The van der Waals surface area contributed by atoms with Crippen molar-refractivity contribution in [3.05, 3.63) is 23.8 Å². The third kappa shape index (κ3) is 5.73. The number of ether oxygens (including phenoxy) is 2. The number of rotatable bonds is 8. The monoisotopic (exact) mass is 486 g/mol. The molecule has 1 aliphatic rings. The molecule has 0 bridgehead atoms. The van der Waals surface area contributed by atoms with E-state index in [9.17, 15) is 18.0 Å². The van der Waals surface area contributed by atoms with Crippen LogP contribution in [0.15, 0.2) is 27.4 Å². The number of anilines is 1. The van der Waals surface area contributed by atoms with E-state index in [1.54, 1.807) is 0 Å². The second kappa shape index (κ2) is 10.4.